The topological polar surface area (TPSA) is 259 Å². The van der Waals surface area contributed by atoms with E-state index in [2.05, 4.69) is 29.8 Å². The number of hydrogen-bond acceptors (Lipinski definition) is 20. The first-order valence-electron chi connectivity index (χ1n) is 30.2. The van der Waals surface area contributed by atoms with Crippen molar-refractivity contribution < 1.29 is 60.7 Å². The normalized spacial score (nSPS) is 12.9. The van der Waals surface area contributed by atoms with Crippen molar-refractivity contribution in [3.8, 4) is 6.07 Å². The Morgan fingerprint density at radius 2 is 0.833 bits per heavy atom. The average molecular weight is 1320 g/mol. The Hall–Kier alpha value is -11.6. The van der Waals surface area contributed by atoms with Crippen LogP contribution in [0.2, 0.25) is 0 Å². The van der Waals surface area contributed by atoms with Crippen LogP contribution < -0.4 is 4.90 Å². The van der Waals surface area contributed by atoms with Gasteiger partial charge in [0, 0.05) is 57.1 Å². The molecule has 0 bridgehead atoms. The van der Waals surface area contributed by atoms with Crippen LogP contribution in [0.15, 0.2) is 291 Å². The van der Waals surface area contributed by atoms with E-state index in [9.17, 15) is 37.2 Å². The number of benzene rings is 9. The number of nitriles is 1. The van der Waals surface area contributed by atoms with Crippen LogP contribution in [0, 0.1) is 11.3 Å². The number of oxime groups is 4. The number of thioether (sulfide) groups is 1. The average Bonchev–Trinajstić information content (AvgIpc) is 0.932. The molecular formula is C75H64N6O13S2. The van der Waals surface area contributed by atoms with Gasteiger partial charge in [-0.1, -0.05) is 203 Å². The van der Waals surface area contributed by atoms with Gasteiger partial charge < -0.3 is 24.1 Å². The van der Waals surface area contributed by atoms with Gasteiger partial charge in [-0.25, -0.2) is 14.4 Å². The zero-order chi connectivity index (χ0) is 67.7. The molecule has 0 aromatic heterocycles. The van der Waals surface area contributed by atoms with Crippen LogP contribution in [-0.4, -0.2) is 99.1 Å². The quantitative estimate of drug-likeness (QED) is 0.0182. The number of nitrogens with zero attached hydrogens (tertiary/aromatic N) is 6. The fourth-order valence-electron chi connectivity index (χ4n) is 9.09. The number of ketones is 3. The Bertz CT molecular complexity index is 4320. The zero-order valence-electron chi connectivity index (χ0n) is 52.0. The summed E-state index contributed by atoms with van der Waals surface area (Å²) < 4.78 is 33.6. The lowest BCUT2D eigenvalue weighted by molar-refractivity contribution is -0.138. The van der Waals surface area contributed by atoms with Gasteiger partial charge in [0.1, 0.15) is 11.0 Å². The lowest BCUT2D eigenvalue weighted by Gasteiger charge is -2.28. The highest BCUT2D eigenvalue weighted by molar-refractivity contribution is 7.98. The van der Waals surface area contributed by atoms with E-state index in [4.69, 9.17) is 24.5 Å². The second kappa shape index (κ2) is 37.2. The molecule has 0 atom stereocenters. The summed E-state index contributed by atoms with van der Waals surface area (Å²) in [6.45, 7) is 3.02. The van der Waals surface area contributed by atoms with Crippen molar-refractivity contribution in [2.45, 2.75) is 41.9 Å². The highest BCUT2D eigenvalue weighted by Gasteiger charge is 2.23. The minimum Gasteiger partial charge on any atom is -0.378 e. The van der Waals surface area contributed by atoms with E-state index in [0.717, 1.165) is 55.1 Å². The Morgan fingerprint density at radius 1 is 0.448 bits per heavy atom. The Balaban J connectivity index is 0.000000167. The molecule has 1 saturated heterocycles. The SMILES string of the molecule is CSc1ccc(C(=O)/C(=N/OC(=O)c2ccccc2)c2ccccc2)cc1.N#C/C(=N\OS(=O)(=O)c1ccccc1)c1ccccc1.O=C(O/N=C(/C(=O)c1ccc(N2CCOCC2)cc1)c1ccccc1)c1ccccc1.O=C(ON=C1CCCCC1)C(=O)c1ccccc1. The number of rotatable bonds is 19. The van der Waals surface area contributed by atoms with Gasteiger partial charge in [-0.3, -0.25) is 18.7 Å². The van der Waals surface area contributed by atoms with Gasteiger partial charge in [0.15, 0.2) is 17.1 Å². The van der Waals surface area contributed by atoms with Crippen LogP contribution in [0.3, 0.4) is 0 Å². The summed E-state index contributed by atoms with van der Waals surface area (Å²) >= 11 is 1.59. The fourth-order valence-corrected chi connectivity index (χ4v) is 10.2. The third kappa shape index (κ3) is 21.5. The van der Waals surface area contributed by atoms with Crippen LogP contribution in [0.5, 0.6) is 0 Å². The molecule has 0 unspecified atom stereocenters. The molecule has 1 aliphatic heterocycles. The third-order valence-electron chi connectivity index (χ3n) is 14.2. The second-order valence-corrected chi connectivity index (χ2v) is 23.1. The molecule has 2 aliphatic rings. The maximum absolute atomic E-state index is 13.2. The van der Waals surface area contributed by atoms with Crippen molar-refractivity contribution in [2.24, 2.45) is 20.6 Å². The summed E-state index contributed by atoms with van der Waals surface area (Å²) in [6, 6.07) is 75.8. The number of carbonyl (C=O) groups excluding carboxylic acids is 6. The van der Waals surface area contributed by atoms with Gasteiger partial charge in [-0.05, 0) is 117 Å². The predicted octanol–water partition coefficient (Wildman–Crippen LogP) is 13.9. The molecule has 484 valence electrons. The summed E-state index contributed by atoms with van der Waals surface area (Å²) in [4.78, 5) is 92.0. The fraction of sp³-hybridized carbons (Fsp3) is 0.133. The number of ether oxygens (including phenoxy) is 1. The number of anilines is 1. The summed E-state index contributed by atoms with van der Waals surface area (Å²) in [6.07, 6.45) is 7.01. The van der Waals surface area contributed by atoms with E-state index in [0.29, 0.717) is 57.7 Å². The van der Waals surface area contributed by atoms with E-state index in [1.807, 2.05) is 42.7 Å². The standard InChI is InChI=1S/C25H22N2O4.C22H17NO3S.C14H10N2O3S.C14H15NO3/c28-24(20-11-13-22(14-12-20)27-15-17-30-18-16-27)23(19-7-3-1-4-8-19)26-31-25(29)21-9-5-2-6-10-21;1-27-19-14-12-17(13-15-19)21(24)20(16-8-4-2-5-9-16)23-26-22(25)18-10-6-3-7-11-18;15-11-14(12-7-3-1-4-8-12)16-19-20(17,18)13-9-5-2-6-10-13;16-13(11-7-3-1-4-8-11)14(17)18-15-12-9-5-2-6-10-12/h1-14H,15-18H2;2-15H,1H3;1-10H;1,3-4,7-8H,2,5-6,9-10H2/b26-23+;23-20+;16-14+;. The van der Waals surface area contributed by atoms with Crippen LogP contribution >= 0.6 is 11.8 Å². The van der Waals surface area contributed by atoms with Crippen LogP contribution in [0.1, 0.15) is 101 Å². The van der Waals surface area contributed by atoms with E-state index in [-0.39, 0.29) is 33.6 Å². The highest BCUT2D eigenvalue weighted by atomic mass is 32.2. The van der Waals surface area contributed by atoms with Crippen molar-refractivity contribution in [1.82, 2.24) is 0 Å². The molecule has 9 aromatic carbocycles. The van der Waals surface area contributed by atoms with Gasteiger partial charge in [0.05, 0.1) is 30.1 Å². The molecule has 2 fully saturated rings. The minimum atomic E-state index is -4.01. The maximum Gasteiger partial charge on any atom is 0.405 e. The lowest BCUT2D eigenvalue weighted by Crippen LogP contribution is -2.36. The van der Waals surface area contributed by atoms with Gasteiger partial charge in [0.25, 0.3) is 5.78 Å². The first-order valence-corrected chi connectivity index (χ1v) is 32.8. The van der Waals surface area contributed by atoms with Crippen molar-refractivity contribution in [2.75, 3.05) is 37.5 Å². The van der Waals surface area contributed by atoms with E-state index in [1.54, 1.807) is 230 Å². The monoisotopic (exact) mass is 1320 g/mol. The number of morpholine rings is 1. The molecule has 1 aliphatic carbocycles. The zero-order valence-corrected chi connectivity index (χ0v) is 53.6. The molecule has 96 heavy (non-hydrogen) atoms. The van der Waals surface area contributed by atoms with Crippen LogP contribution in [0.4, 0.5) is 5.69 Å². The van der Waals surface area contributed by atoms with Crippen molar-refractivity contribution in [3.05, 3.63) is 305 Å². The van der Waals surface area contributed by atoms with Gasteiger partial charge >= 0.3 is 28.0 Å². The lowest BCUT2D eigenvalue weighted by atomic mass is 9.99. The van der Waals surface area contributed by atoms with Crippen molar-refractivity contribution in [1.29, 1.82) is 5.26 Å². The molecule has 0 spiro atoms. The molecule has 0 amide bonds. The van der Waals surface area contributed by atoms with E-state index in [1.165, 1.54) is 18.6 Å². The summed E-state index contributed by atoms with van der Waals surface area (Å²) in [5.41, 5.74) is 5.59. The third-order valence-corrected chi connectivity index (χ3v) is 16.0. The Labute approximate surface area is 560 Å². The number of carbonyl (C=O) groups is 6. The second-order valence-electron chi connectivity index (χ2n) is 20.7. The Morgan fingerprint density at radius 3 is 1.26 bits per heavy atom. The van der Waals surface area contributed by atoms with Crippen molar-refractivity contribution >= 4 is 85.7 Å². The molecule has 21 heteroatoms. The summed E-state index contributed by atoms with van der Waals surface area (Å²) in [7, 11) is -4.01. The first kappa shape index (κ1) is 70.3. The molecule has 1 saturated carbocycles. The first-order chi connectivity index (χ1) is 46.8. The van der Waals surface area contributed by atoms with Crippen LogP contribution in [0.25, 0.3) is 0 Å². The van der Waals surface area contributed by atoms with Gasteiger partial charge in [-0.15, -0.1) is 11.8 Å². The molecule has 1 heterocycles. The number of Topliss-reactive ketones (excluding diaryl/α,β-unsaturated/α-hetero) is 3. The number of hydrogen-bond donors (Lipinski definition) is 0. The van der Waals surface area contributed by atoms with Crippen LogP contribution in [-0.2, 0) is 38.4 Å². The predicted molar refractivity (Wildman–Crippen MR) is 367 cm³/mol. The maximum atomic E-state index is 13.2. The molecule has 0 radical (unpaired) electrons. The summed E-state index contributed by atoms with van der Waals surface area (Å²) in [5, 5.41) is 24.0. The molecule has 0 N–H and O–H groups in total. The van der Waals surface area contributed by atoms with E-state index >= 15 is 0 Å². The summed E-state index contributed by atoms with van der Waals surface area (Å²) in [5.74, 6) is -3.44. The molecular weight excluding hydrogens is 1260 g/mol. The molecule has 19 nitrogen and oxygen atoms in total. The smallest absolute Gasteiger partial charge is 0.378 e. The molecule has 11 rings (SSSR count). The van der Waals surface area contributed by atoms with Crippen molar-refractivity contribution in [3.63, 3.8) is 0 Å². The minimum absolute atomic E-state index is 0.0194. The highest BCUT2D eigenvalue weighted by Crippen LogP contribution is 2.21. The van der Waals surface area contributed by atoms with Gasteiger partial charge in [0.2, 0.25) is 11.6 Å². The van der Waals surface area contributed by atoms with E-state index < -0.39 is 33.8 Å². The largest absolute Gasteiger partial charge is 0.405 e. The molecule has 9 aromatic rings. The van der Waals surface area contributed by atoms with Gasteiger partial charge in [-0.2, -0.15) is 13.7 Å². The Kier molecular flexibility index (Phi) is 27.2.